The van der Waals surface area contributed by atoms with Gasteiger partial charge in [-0.2, -0.15) is 5.26 Å². The molecule has 7 heteroatoms. The number of sulfonamides is 1. The average Bonchev–Trinajstić information content (AvgIpc) is 2.89. The molecule has 0 atom stereocenters. The van der Waals surface area contributed by atoms with Crippen LogP contribution in [0.3, 0.4) is 0 Å². The number of nitrogens with one attached hydrogen (secondary N) is 1. The number of aryl methyl sites for hydroxylation is 1. The van der Waals surface area contributed by atoms with Crippen LogP contribution in [0.25, 0.3) is 0 Å². The molecule has 0 saturated carbocycles. The molecule has 0 amide bonds. The van der Waals surface area contributed by atoms with E-state index in [1.807, 2.05) is 6.07 Å². The van der Waals surface area contributed by atoms with Crippen molar-refractivity contribution in [1.82, 2.24) is 9.88 Å². The fourth-order valence-electron chi connectivity index (χ4n) is 1.51. The molecular weight excluding hydrogens is 266 g/mol. The van der Waals surface area contributed by atoms with Gasteiger partial charge in [-0.05, 0) is 30.7 Å². The Balaban J connectivity index is 2.20. The van der Waals surface area contributed by atoms with Gasteiger partial charge in [0.15, 0.2) is 5.76 Å². The summed E-state index contributed by atoms with van der Waals surface area (Å²) in [4.78, 5) is 0.114. The van der Waals surface area contributed by atoms with E-state index in [-0.39, 0.29) is 11.4 Å². The third-order valence-corrected chi connectivity index (χ3v) is 3.96. The Morgan fingerprint density at radius 2 is 2.21 bits per heavy atom. The molecule has 0 spiro atoms. The summed E-state index contributed by atoms with van der Waals surface area (Å²) < 4.78 is 31.2. The maximum Gasteiger partial charge on any atom is 0.240 e. The fourth-order valence-corrected chi connectivity index (χ4v) is 2.59. The van der Waals surface area contributed by atoms with Crippen molar-refractivity contribution in [3.8, 4) is 6.07 Å². The molecule has 98 valence electrons. The van der Waals surface area contributed by atoms with Crippen LogP contribution in [0.4, 0.5) is 0 Å². The summed E-state index contributed by atoms with van der Waals surface area (Å²) in [5, 5.41) is 12.3. The van der Waals surface area contributed by atoms with Crippen molar-refractivity contribution in [2.75, 3.05) is 0 Å². The summed E-state index contributed by atoms with van der Waals surface area (Å²) in [5.41, 5.74) is 1.07. The predicted octanol–water partition coefficient (Wildman–Crippen LogP) is 1.33. The predicted molar refractivity (Wildman–Crippen MR) is 66.4 cm³/mol. The number of hydrogen-bond donors (Lipinski definition) is 1. The molecule has 0 aliphatic heterocycles. The third-order valence-electron chi connectivity index (χ3n) is 2.56. The van der Waals surface area contributed by atoms with Crippen molar-refractivity contribution in [3.05, 3.63) is 47.3 Å². The van der Waals surface area contributed by atoms with Gasteiger partial charge in [-0.3, -0.25) is 0 Å². The van der Waals surface area contributed by atoms with Gasteiger partial charge in [0, 0.05) is 6.07 Å². The smallest absolute Gasteiger partial charge is 0.240 e. The van der Waals surface area contributed by atoms with E-state index in [2.05, 4.69) is 9.88 Å². The Kier molecular flexibility index (Phi) is 3.64. The van der Waals surface area contributed by atoms with Crippen LogP contribution >= 0.6 is 0 Å². The summed E-state index contributed by atoms with van der Waals surface area (Å²) in [5.74, 6) is 0.425. The van der Waals surface area contributed by atoms with Crippen molar-refractivity contribution >= 4 is 10.0 Å². The van der Waals surface area contributed by atoms with Gasteiger partial charge in [-0.25, -0.2) is 13.1 Å². The SMILES string of the molecule is Cc1cc(S(=O)(=O)NCc2ccno2)ccc1C#N. The summed E-state index contributed by atoms with van der Waals surface area (Å²) in [6.45, 7) is 1.72. The Morgan fingerprint density at radius 1 is 1.42 bits per heavy atom. The van der Waals surface area contributed by atoms with Crippen LogP contribution in [0.5, 0.6) is 0 Å². The topological polar surface area (TPSA) is 96.0 Å². The summed E-state index contributed by atoms with van der Waals surface area (Å²) >= 11 is 0. The number of rotatable bonds is 4. The number of benzene rings is 1. The van der Waals surface area contributed by atoms with Gasteiger partial charge in [0.25, 0.3) is 0 Å². The normalized spacial score (nSPS) is 11.2. The van der Waals surface area contributed by atoms with Gasteiger partial charge < -0.3 is 4.52 Å². The molecular formula is C12H11N3O3S. The zero-order valence-corrected chi connectivity index (χ0v) is 10.9. The molecule has 1 heterocycles. The molecule has 0 aliphatic rings. The van der Waals surface area contributed by atoms with Crippen molar-refractivity contribution < 1.29 is 12.9 Å². The molecule has 0 fully saturated rings. The zero-order valence-electron chi connectivity index (χ0n) is 10.1. The van der Waals surface area contributed by atoms with Gasteiger partial charge >= 0.3 is 0 Å². The van der Waals surface area contributed by atoms with Gasteiger partial charge in [0.2, 0.25) is 10.0 Å². The van der Waals surface area contributed by atoms with E-state index in [0.717, 1.165) is 0 Å². The van der Waals surface area contributed by atoms with Crippen LogP contribution in [0.15, 0.2) is 39.9 Å². The van der Waals surface area contributed by atoms with Gasteiger partial charge in [0.1, 0.15) is 0 Å². The van der Waals surface area contributed by atoms with E-state index < -0.39 is 10.0 Å². The summed E-state index contributed by atoms with van der Waals surface area (Å²) in [6, 6.07) is 7.91. The van der Waals surface area contributed by atoms with Crippen molar-refractivity contribution in [2.45, 2.75) is 18.4 Å². The van der Waals surface area contributed by atoms with Crippen LogP contribution in [-0.4, -0.2) is 13.6 Å². The van der Waals surface area contributed by atoms with E-state index in [1.54, 1.807) is 13.0 Å². The minimum atomic E-state index is -3.63. The molecule has 0 unspecified atom stereocenters. The lowest BCUT2D eigenvalue weighted by molar-refractivity contribution is 0.380. The quantitative estimate of drug-likeness (QED) is 0.909. The molecule has 1 N–H and O–H groups in total. The second-order valence-electron chi connectivity index (χ2n) is 3.89. The molecule has 0 saturated heterocycles. The van der Waals surface area contributed by atoms with E-state index in [0.29, 0.717) is 16.9 Å². The fraction of sp³-hybridized carbons (Fsp3) is 0.167. The minimum Gasteiger partial charge on any atom is -0.360 e. The van der Waals surface area contributed by atoms with Gasteiger partial charge in [-0.1, -0.05) is 5.16 Å². The van der Waals surface area contributed by atoms with Crippen molar-refractivity contribution in [3.63, 3.8) is 0 Å². The lowest BCUT2D eigenvalue weighted by atomic mass is 10.1. The molecule has 0 aliphatic carbocycles. The summed E-state index contributed by atoms with van der Waals surface area (Å²) in [7, 11) is -3.63. The Bertz CT molecular complexity index is 715. The van der Waals surface area contributed by atoms with Crippen LogP contribution in [0, 0.1) is 18.3 Å². The standard InChI is InChI=1S/C12H11N3O3S/c1-9-6-12(3-2-10(9)7-13)19(16,17)15-8-11-4-5-14-18-11/h2-6,15H,8H2,1H3. The zero-order chi connectivity index (χ0) is 13.9. The summed E-state index contributed by atoms with van der Waals surface area (Å²) in [6.07, 6.45) is 1.44. The number of aromatic nitrogens is 1. The molecule has 6 nitrogen and oxygen atoms in total. The van der Waals surface area contributed by atoms with Crippen molar-refractivity contribution in [2.24, 2.45) is 0 Å². The first-order chi connectivity index (χ1) is 9.03. The van der Waals surface area contributed by atoms with Gasteiger partial charge in [0.05, 0.1) is 29.3 Å². The van der Waals surface area contributed by atoms with Crippen LogP contribution in [-0.2, 0) is 16.6 Å². The van der Waals surface area contributed by atoms with E-state index in [1.165, 1.54) is 24.4 Å². The maximum absolute atomic E-state index is 12.0. The highest BCUT2D eigenvalue weighted by Gasteiger charge is 2.15. The second-order valence-corrected chi connectivity index (χ2v) is 5.66. The Hall–Kier alpha value is -2.17. The lowest BCUT2D eigenvalue weighted by Gasteiger charge is -2.06. The Labute approximate surface area is 110 Å². The highest BCUT2D eigenvalue weighted by molar-refractivity contribution is 7.89. The Morgan fingerprint density at radius 3 is 2.79 bits per heavy atom. The molecule has 1 aromatic carbocycles. The number of nitrogens with zero attached hydrogens (tertiary/aromatic N) is 2. The molecule has 2 aromatic rings. The van der Waals surface area contributed by atoms with Crippen LogP contribution in [0.1, 0.15) is 16.9 Å². The van der Waals surface area contributed by atoms with E-state index >= 15 is 0 Å². The second kappa shape index (κ2) is 5.22. The first-order valence-corrected chi connectivity index (χ1v) is 6.91. The molecule has 1 aromatic heterocycles. The first-order valence-electron chi connectivity index (χ1n) is 5.43. The van der Waals surface area contributed by atoms with Gasteiger partial charge in [-0.15, -0.1) is 0 Å². The van der Waals surface area contributed by atoms with E-state index in [4.69, 9.17) is 9.78 Å². The number of hydrogen-bond acceptors (Lipinski definition) is 5. The monoisotopic (exact) mass is 277 g/mol. The lowest BCUT2D eigenvalue weighted by Crippen LogP contribution is -2.23. The minimum absolute atomic E-state index is 0.0291. The highest BCUT2D eigenvalue weighted by atomic mass is 32.2. The molecule has 0 radical (unpaired) electrons. The number of nitriles is 1. The largest absolute Gasteiger partial charge is 0.360 e. The molecule has 19 heavy (non-hydrogen) atoms. The maximum atomic E-state index is 12.0. The van der Waals surface area contributed by atoms with Crippen LogP contribution < -0.4 is 4.72 Å². The average molecular weight is 277 g/mol. The van der Waals surface area contributed by atoms with Crippen LogP contribution in [0.2, 0.25) is 0 Å². The first kappa shape index (κ1) is 13.3. The molecule has 0 bridgehead atoms. The van der Waals surface area contributed by atoms with Crippen molar-refractivity contribution in [1.29, 1.82) is 5.26 Å². The third kappa shape index (κ3) is 2.99. The van der Waals surface area contributed by atoms with E-state index in [9.17, 15) is 8.42 Å². The highest BCUT2D eigenvalue weighted by Crippen LogP contribution is 2.15. The molecule has 2 rings (SSSR count).